The van der Waals surface area contributed by atoms with Crippen molar-refractivity contribution < 1.29 is 4.79 Å². The first-order valence-corrected chi connectivity index (χ1v) is 6.54. The second-order valence-electron chi connectivity index (χ2n) is 4.52. The third kappa shape index (κ3) is 2.78. The predicted octanol–water partition coefficient (Wildman–Crippen LogP) is 2.62. The molecule has 0 bridgehead atoms. The van der Waals surface area contributed by atoms with Crippen molar-refractivity contribution in [1.29, 1.82) is 0 Å². The van der Waals surface area contributed by atoms with Gasteiger partial charge in [-0.15, -0.1) is 11.6 Å². The van der Waals surface area contributed by atoms with Gasteiger partial charge in [-0.25, -0.2) is 0 Å². The van der Waals surface area contributed by atoms with E-state index in [-0.39, 0.29) is 5.91 Å². The lowest BCUT2D eigenvalue weighted by Gasteiger charge is -2.37. The summed E-state index contributed by atoms with van der Waals surface area (Å²) >= 11 is 5.77. The maximum absolute atomic E-state index is 12.3. The molecule has 92 valence electrons. The van der Waals surface area contributed by atoms with Crippen molar-refractivity contribution >= 4 is 17.5 Å². The van der Waals surface area contributed by atoms with E-state index < -0.39 is 0 Å². The summed E-state index contributed by atoms with van der Waals surface area (Å²) in [5, 5.41) is 0. The van der Waals surface area contributed by atoms with Gasteiger partial charge in [-0.05, 0) is 37.8 Å². The molecule has 3 nitrogen and oxygen atoms in total. The summed E-state index contributed by atoms with van der Waals surface area (Å²) < 4.78 is 0. The van der Waals surface area contributed by atoms with Crippen LogP contribution in [0, 0.1) is 6.92 Å². The Morgan fingerprint density at radius 1 is 1.53 bits per heavy atom. The Bertz CT molecular complexity index is 404. The van der Waals surface area contributed by atoms with Crippen LogP contribution in [0.4, 0.5) is 0 Å². The fourth-order valence-corrected chi connectivity index (χ4v) is 2.26. The summed E-state index contributed by atoms with van der Waals surface area (Å²) in [6, 6.07) is 2.26. The number of aryl methyl sites for hydroxylation is 1. The molecule has 0 atom stereocenters. The number of amides is 1. The van der Waals surface area contributed by atoms with Crippen LogP contribution in [0.15, 0.2) is 18.5 Å². The van der Waals surface area contributed by atoms with Gasteiger partial charge in [-0.1, -0.05) is 0 Å². The molecule has 1 aromatic heterocycles. The van der Waals surface area contributed by atoms with Crippen molar-refractivity contribution in [3.63, 3.8) is 0 Å². The number of pyridine rings is 1. The number of carbonyl (C=O) groups excluding carboxylic acids is 1. The largest absolute Gasteiger partial charge is 0.334 e. The molecule has 0 unspecified atom stereocenters. The molecule has 1 heterocycles. The molecule has 2 rings (SSSR count). The Balaban J connectivity index is 2.15. The first-order chi connectivity index (χ1) is 8.22. The monoisotopic (exact) mass is 252 g/mol. The fourth-order valence-electron chi connectivity index (χ4n) is 2.08. The molecule has 1 amide bonds. The zero-order valence-corrected chi connectivity index (χ0v) is 10.8. The van der Waals surface area contributed by atoms with Gasteiger partial charge in [0, 0.05) is 30.9 Å². The maximum Gasteiger partial charge on any atom is 0.255 e. The normalized spacial score (nSPS) is 15.4. The van der Waals surface area contributed by atoms with Crippen LogP contribution in [0.25, 0.3) is 0 Å². The molecule has 0 aliphatic heterocycles. The standard InChI is InChI=1S/C13H17ClN2O/c1-10-7-11(9-15-8-10)13(17)16(6-5-14)12-3-2-4-12/h7-9,12H,2-6H2,1H3. The van der Waals surface area contributed by atoms with Crippen molar-refractivity contribution in [2.75, 3.05) is 12.4 Å². The zero-order valence-electron chi connectivity index (χ0n) is 10.0. The quantitative estimate of drug-likeness (QED) is 0.772. The Kier molecular flexibility index (Phi) is 4.00. The zero-order chi connectivity index (χ0) is 12.3. The molecule has 0 radical (unpaired) electrons. The van der Waals surface area contributed by atoms with Crippen LogP contribution in [0.3, 0.4) is 0 Å². The van der Waals surface area contributed by atoms with Crippen LogP contribution in [0.1, 0.15) is 35.2 Å². The molecule has 1 aliphatic rings. The van der Waals surface area contributed by atoms with E-state index in [0.717, 1.165) is 18.4 Å². The van der Waals surface area contributed by atoms with Crippen LogP contribution in [0.2, 0.25) is 0 Å². The maximum atomic E-state index is 12.3. The Hall–Kier alpha value is -1.09. The lowest BCUT2D eigenvalue weighted by Crippen LogP contribution is -2.45. The van der Waals surface area contributed by atoms with Gasteiger partial charge in [0.25, 0.3) is 5.91 Å². The van der Waals surface area contributed by atoms with Crippen molar-refractivity contribution in [3.05, 3.63) is 29.6 Å². The highest BCUT2D eigenvalue weighted by Gasteiger charge is 2.28. The van der Waals surface area contributed by atoms with E-state index in [2.05, 4.69) is 4.98 Å². The molecule has 17 heavy (non-hydrogen) atoms. The van der Waals surface area contributed by atoms with E-state index in [0.29, 0.717) is 24.0 Å². The van der Waals surface area contributed by atoms with Gasteiger partial charge in [0.1, 0.15) is 0 Å². The van der Waals surface area contributed by atoms with Crippen LogP contribution >= 0.6 is 11.6 Å². The average molecular weight is 253 g/mol. The number of aromatic nitrogens is 1. The molecule has 0 N–H and O–H groups in total. The summed E-state index contributed by atoms with van der Waals surface area (Å²) in [6.07, 6.45) is 6.80. The number of halogens is 1. The van der Waals surface area contributed by atoms with Gasteiger partial charge in [0.2, 0.25) is 0 Å². The van der Waals surface area contributed by atoms with Gasteiger partial charge < -0.3 is 4.90 Å². The lowest BCUT2D eigenvalue weighted by molar-refractivity contribution is 0.0597. The number of hydrogen-bond acceptors (Lipinski definition) is 2. The van der Waals surface area contributed by atoms with Gasteiger partial charge >= 0.3 is 0 Å². The van der Waals surface area contributed by atoms with Gasteiger partial charge in [0.15, 0.2) is 0 Å². The average Bonchev–Trinajstić information content (AvgIpc) is 2.25. The van der Waals surface area contributed by atoms with Gasteiger partial charge in [-0.3, -0.25) is 9.78 Å². The van der Waals surface area contributed by atoms with Gasteiger partial charge in [-0.2, -0.15) is 0 Å². The summed E-state index contributed by atoms with van der Waals surface area (Å²) in [4.78, 5) is 18.3. The first kappa shape index (κ1) is 12.4. The highest BCUT2D eigenvalue weighted by atomic mass is 35.5. The van der Waals surface area contributed by atoms with Crippen LogP contribution in [0.5, 0.6) is 0 Å². The highest BCUT2D eigenvalue weighted by molar-refractivity contribution is 6.18. The fraction of sp³-hybridized carbons (Fsp3) is 0.538. The smallest absolute Gasteiger partial charge is 0.255 e. The topological polar surface area (TPSA) is 33.2 Å². The molecule has 4 heteroatoms. The SMILES string of the molecule is Cc1cncc(C(=O)N(CCCl)C2CCC2)c1. The second kappa shape index (κ2) is 5.50. The number of carbonyl (C=O) groups is 1. The lowest BCUT2D eigenvalue weighted by atomic mass is 9.91. The van der Waals surface area contributed by atoms with Gasteiger partial charge in [0.05, 0.1) is 5.56 Å². The Morgan fingerprint density at radius 2 is 2.29 bits per heavy atom. The van der Waals surface area contributed by atoms with E-state index >= 15 is 0 Å². The molecule has 1 aliphatic carbocycles. The minimum absolute atomic E-state index is 0.0616. The van der Waals surface area contributed by atoms with E-state index in [4.69, 9.17) is 11.6 Å². The number of rotatable bonds is 4. The first-order valence-electron chi connectivity index (χ1n) is 6.01. The third-order valence-corrected chi connectivity index (χ3v) is 3.39. The van der Waals surface area contributed by atoms with Crippen molar-refractivity contribution in [2.45, 2.75) is 32.2 Å². The van der Waals surface area contributed by atoms with Crippen molar-refractivity contribution in [3.8, 4) is 0 Å². The molecule has 1 fully saturated rings. The Labute approximate surface area is 107 Å². The molecule has 1 aromatic rings. The number of alkyl halides is 1. The minimum atomic E-state index is 0.0616. The van der Waals surface area contributed by atoms with Crippen LogP contribution in [-0.4, -0.2) is 34.3 Å². The van der Waals surface area contributed by atoms with Crippen molar-refractivity contribution in [1.82, 2.24) is 9.88 Å². The molecule has 0 saturated heterocycles. The van der Waals surface area contributed by atoms with Crippen molar-refractivity contribution in [2.24, 2.45) is 0 Å². The van der Waals surface area contributed by atoms with E-state index in [1.54, 1.807) is 12.4 Å². The molecular weight excluding hydrogens is 236 g/mol. The van der Waals surface area contributed by atoms with Crippen LogP contribution in [-0.2, 0) is 0 Å². The summed E-state index contributed by atoms with van der Waals surface area (Å²) in [7, 11) is 0. The number of nitrogens with zero attached hydrogens (tertiary/aromatic N) is 2. The molecule has 0 aromatic carbocycles. The third-order valence-electron chi connectivity index (χ3n) is 3.22. The van der Waals surface area contributed by atoms with E-state index in [1.807, 2.05) is 17.9 Å². The Morgan fingerprint density at radius 3 is 2.82 bits per heavy atom. The summed E-state index contributed by atoms with van der Waals surface area (Å²) in [5.74, 6) is 0.549. The molecule has 1 saturated carbocycles. The number of hydrogen-bond donors (Lipinski definition) is 0. The van der Waals surface area contributed by atoms with E-state index in [9.17, 15) is 4.79 Å². The molecule has 0 spiro atoms. The van der Waals surface area contributed by atoms with E-state index in [1.165, 1.54) is 6.42 Å². The second-order valence-corrected chi connectivity index (χ2v) is 4.90. The highest BCUT2D eigenvalue weighted by Crippen LogP contribution is 2.26. The summed E-state index contributed by atoms with van der Waals surface area (Å²) in [6.45, 7) is 2.57. The minimum Gasteiger partial charge on any atom is -0.334 e. The molecular formula is C13H17ClN2O. The van der Waals surface area contributed by atoms with Crippen LogP contribution < -0.4 is 0 Å². The predicted molar refractivity (Wildman–Crippen MR) is 68.4 cm³/mol. The summed E-state index contributed by atoms with van der Waals surface area (Å²) in [5.41, 5.74) is 1.68.